The molecule has 1 N–H and O–H groups in total. The lowest BCUT2D eigenvalue weighted by Crippen LogP contribution is -2.44. The maximum absolute atomic E-state index is 12.5. The number of ether oxygens (including phenoxy) is 2. The van der Waals surface area contributed by atoms with Gasteiger partial charge in [0.1, 0.15) is 17.4 Å². The average Bonchev–Trinajstić information content (AvgIpc) is 3.09. The third-order valence-corrected chi connectivity index (χ3v) is 4.81. The van der Waals surface area contributed by atoms with Crippen LogP contribution in [0.5, 0.6) is 0 Å². The summed E-state index contributed by atoms with van der Waals surface area (Å²) in [4.78, 5) is 24.9. The van der Waals surface area contributed by atoms with Crippen LogP contribution >= 0.6 is 0 Å². The zero-order valence-electron chi connectivity index (χ0n) is 15.7. The Morgan fingerprint density at radius 2 is 2.00 bits per heavy atom. The van der Waals surface area contributed by atoms with Crippen molar-refractivity contribution in [2.24, 2.45) is 0 Å². The van der Waals surface area contributed by atoms with E-state index in [1.807, 2.05) is 18.2 Å². The first-order chi connectivity index (χ1) is 13.1. The Kier molecular flexibility index (Phi) is 6.42. The zero-order chi connectivity index (χ0) is 19.2. The van der Waals surface area contributed by atoms with Crippen LogP contribution in [0.1, 0.15) is 33.7 Å². The van der Waals surface area contributed by atoms with Gasteiger partial charge in [0.25, 0.3) is 5.91 Å². The summed E-state index contributed by atoms with van der Waals surface area (Å²) in [6.45, 7) is 2.55. The van der Waals surface area contributed by atoms with Crippen molar-refractivity contribution in [2.45, 2.75) is 38.3 Å². The number of carbonyl (C=O) groups excluding carboxylic acids is 1. The van der Waals surface area contributed by atoms with Crippen molar-refractivity contribution in [3.63, 3.8) is 0 Å². The van der Waals surface area contributed by atoms with Crippen molar-refractivity contribution in [1.82, 2.24) is 5.32 Å². The second-order valence-corrected chi connectivity index (χ2v) is 6.79. The first-order valence-corrected chi connectivity index (χ1v) is 9.17. The molecule has 1 aromatic heterocycles. The molecule has 2 aromatic rings. The minimum Gasteiger partial charge on any atom is -0.427 e. The largest absolute Gasteiger partial charge is 0.427 e. The van der Waals surface area contributed by atoms with E-state index in [2.05, 4.69) is 17.4 Å². The molecular weight excluding hydrogens is 346 g/mol. The number of methoxy groups -OCH3 is 1. The molecule has 6 heteroatoms. The van der Waals surface area contributed by atoms with Crippen molar-refractivity contribution in [3.8, 4) is 0 Å². The molecule has 2 atom stereocenters. The number of nitrogens with one attached hydrogen (secondary N) is 1. The molecule has 0 spiro atoms. The van der Waals surface area contributed by atoms with Gasteiger partial charge in [0.2, 0.25) is 0 Å². The first kappa shape index (κ1) is 19.3. The summed E-state index contributed by atoms with van der Waals surface area (Å²) in [5, 5.41) is 2.81. The fraction of sp³-hybridized carbons (Fsp3) is 0.429. The SMILES string of the molecule is CO[C@@H]1COC[C@@H]1NC(=O)c1c(C)cc(CCCc2ccccc2)oc1=O. The zero-order valence-corrected chi connectivity index (χ0v) is 15.7. The van der Waals surface area contributed by atoms with E-state index >= 15 is 0 Å². The van der Waals surface area contributed by atoms with Crippen molar-refractivity contribution >= 4 is 5.91 Å². The number of carbonyl (C=O) groups is 1. The molecule has 27 heavy (non-hydrogen) atoms. The molecule has 6 nitrogen and oxygen atoms in total. The van der Waals surface area contributed by atoms with Crippen LogP contribution in [-0.2, 0) is 22.3 Å². The van der Waals surface area contributed by atoms with Crippen LogP contribution in [0, 0.1) is 6.92 Å². The summed E-state index contributed by atoms with van der Waals surface area (Å²) in [6, 6.07) is 11.7. The Bertz CT molecular complexity index is 830. The number of amides is 1. The van der Waals surface area contributed by atoms with Gasteiger partial charge >= 0.3 is 5.63 Å². The molecule has 1 aromatic carbocycles. The van der Waals surface area contributed by atoms with Gasteiger partial charge < -0.3 is 19.2 Å². The summed E-state index contributed by atoms with van der Waals surface area (Å²) in [7, 11) is 1.57. The van der Waals surface area contributed by atoms with Crippen LogP contribution in [0.25, 0.3) is 0 Å². The van der Waals surface area contributed by atoms with E-state index in [4.69, 9.17) is 13.9 Å². The van der Waals surface area contributed by atoms with Crippen LogP contribution in [0.4, 0.5) is 0 Å². The van der Waals surface area contributed by atoms with Crippen molar-refractivity contribution in [1.29, 1.82) is 0 Å². The van der Waals surface area contributed by atoms with Crippen LogP contribution in [0.15, 0.2) is 45.6 Å². The van der Waals surface area contributed by atoms with E-state index in [0.717, 1.165) is 12.8 Å². The molecular formula is C21H25NO5. The summed E-state index contributed by atoms with van der Waals surface area (Å²) < 4.78 is 16.0. The molecule has 1 fully saturated rings. The highest BCUT2D eigenvalue weighted by molar-refractivity contribution is 5.95. The molecule has 1 amide bonds. The van der Waals surface area contributed by atoms with E-state index in [9.17, 15) is 9.59 Å². The van der Waals surface area contributed by atoms with Crippen LogP contribution in [0.3, 0.4) is 0 Å². The molecule has 0 radical (unpaired) electrons. The summed E-state index contributed by atoms with van der Waals surface area (Å²) in [5.41, 5.74) is 1.31. The predicted molar refractivity (Wildman–Crippen MR) is 101 cm³/mol. The topological polar surface area (TPSA) is 77.8 Å². The summed E-state index contributed by atoms with van der Waals surface area (Å²) in [6.07, 6.45) is 2.21. The summed E-state index contributed by atoms with van der Waals surface area (Å²) in [5.74, 6) is 0.151. The number of aryl methyl sites for hydroxylation is 3. The minimum absolute atomic E-state index is 0.0450. The molecule has 1 aliphatic heterocycles. The van der Waals surface area contributed by atoms with E-state index in [1.165, 1.54) is 5.56 Å². The molecule has 0 unspecified atom stereocenters. The Balaban J connectivity index is 1.64. The van der Waals surface area contributed by atoms with Crippen LogP contribution in [-0.4, -0.2) is 38.4 Å². The molecule has 2 heterocycles. The minimum atomic E-state index is -0.602. The maximum atomic E-state index is 12.5. The van der Waals surface area contributed by atoms with E-state index in [0.29, 0.717) is 31.0 Å². The number of rotatable bonds is 7. The smallest absolute Gasteiger partial charge is 0.349 e. The fourth-order valence-electron chi connectivity index (χ4n) is 3.32. The van der Waals surface area contributed by atoms with Gasteiger partial charge in [-0.05, 0) is 37.0 Å². The van der Waals surface area contributed by atoms with Crippen LogP contribution < -0.4 is 10.9 Å². The predicted octanol–water partition coefficient (Wildman–Crippen LogP) is 2.27. The standard InChI is InChI=1S/C21H25NO5/c1-14-11-16(10-6-9-15-7-4-3-5-8-15)27-21(24)19(14)20(23)22-17-12-26-13-18(17)25-2/h3-5,7-8,11,17-18H,6,9-10,12-13H2,1-2H3,(H,22,23)/t17-,18+/m0/s1. The highest BCUT2D eigenvalue weighted by atomic mass is 16.5. The second-order valence-electron chi connectivity index (χ2n) is 6.79. The van der Waals surface area contributed by atoms with Crippen LogP contribution in [0.2, 0.25) is 0 Å². The number of benzene rings is 1. The quantitative estimate of drug-likeness (QED) is 0.808. The third kappa shape index (κ3) is 4.84. The van der Waals surface area contributed by atoms with Crippen molar-refractivity contribution < 1.29 is 18.7 Å². The normalized spacial score (nSPS) is 19.2. The lowest BCUT2D eigenvalue weighted by molar-refractivity contribution is 0.0684. The van der Waals surface area contributed by atoms with Gasteiger partial charge in [0.05, 0.1) is 19.3 Å². The van der Waals surface area contributed by atoms with E-state index in [-0.39, 0.29) is 17.7 Å². The Hall–Kier alpha value is -2.44. The average molecular weight is 371 g/mol. The second kappa shape index (κ2) is 8.97. The maximum Gasteiger partial charge on any atom is 0.349 e. The Labute approximate surface area is 158 Å². The molecule has 3 rings (SSSR count). The van der Waals surface area contributed by atoms with Gasteiger partial charge in [-0.25, -0.2) is 4.79 Å². The van der Waals surface area contributed by atoms with Gasteiger partial charge in [-0.3, -0.25) is 4.79 Å². The van der Waals surface area contributed by atoms with E-state index < -0.39 is 11.5 Å². The molecule has 0 aliphatic carbocycles. The van der Waals surface area contributed by atoms with Gasteiger partial charge in [-0.15, -0.1) is 0 Å². The molecule has 0 bridgehead atoms. The fourth-order valence-corrected chi connectivity index (χ4v) is 3.32. The molecule has 1 aliphatic rings. The highest BCUT2D eigenvalue weighted by Gasteiger charge is 2.31. The number of hydrogen-bond acceptors (Lipinski definition) is 5. The Morgan fingerprint density at radius 3 is 2.70 bits per heavy atom. The van der Waals surface area contributed by atoms with E-state index in [1.54, 1.807) is 20.1 Å². The highest BCUT2D eigenvalue weighted by Crippen LogP contribution is 2.13. The van der Waals surface area contributed by atoms with Gasteiger partial charge in [-0.2, -0.15) is 0 Å². The first-order valence-electron chi connectivity index (χ1n) is 9.17. The van der Waals surface area contributed by atoms with Gasteiger partial charge in [0, 0.05) is 13.5 Å². The number of hydrogen-bond donors (Lipinski definition) is 1. The lowest BCUT2D eigenvalue weighted by atomic mass is 10.1. The third-order valence-electron chi connectivity index (χ3n) is 4.81. The van der Waals surface area contributed by atoms with Crippen molar-refractivity contribution in [2.75, 3.05) is 20.3 Å². The molecule has 1 saturated heterocycles. The molecule has 0 saturated carbocycles. The van der Waals surface area contributed by atoms with Gasteiger partial charge in [0.15, 0.2) is 0 Å². The summed E-state index contributed by atoms with van der Waals surface area (Å²) >= 11 is 0. The Morgan fingerprint density at radius 1 is 1.22 bits per heavy atom. The molecule has 144 valence electrons. The van der Waals surface area contributed by atoms with Gasteiger partial charge in [-0.1, -0.05) is 30.3 Å². The monoisotopic (exact) mass is 371 g/mol. The van der Waals surface area contributed by atoms with Crippen molar-refractivity contribution in [3.05, 3.63) is 69.3 Å². The lowest BCUT2D eigenvalue weighted by Gasteiger charge is -2.17.